The zero-order valence-corrected chi connectivity index (χ0v) is 8.62. The molecule has 0 heterocycles. The van der Waals surface area contributed by atoms with Gasteiger partial charge in [0.2, 0.25) is 5.24 Å². The van der Waals surface area contributed by atoms with Gasteiger partial charge in [-0.1, -0.05) is 18.2 Å². The number of carbonyl (C=O) groups is 1. The smallest absolute Gasteiger partial charge is 0.245 e. The third-order valence-electron chi connectivity index (χ3n) is 1.58. The van der Waals surface area contributed by atoms with Gasteiger partial charge in [0.15, 0.2) is 0 Å². The molecule has 0 unspecified atom stereocenters. The van der Waals surface area contributed by atoms with E-state index in [1.54, 1.807) is 6.08 Å². The maximum absolute atomic E-state index is 10.5. The van der Waals surface area contributed by atoms with E-state index in [2.05, 4.69) is 0 Å². The molecule has 1 aromatic rings. The van der Waals surface area contributed by atoms with E-state index in [9.17, 15) is 4.79 Å². The van der Waals surface area contributed by atoms with Gasteiger partial charge in [-0.15, -0.1) is 0 Å². The van der Waals surface area contributed by atoms with E-state index in [0.717, 1.165) is 11.3 Å². The Morgan fingerprint density at radius 2 is 2.36 bits per heavy atom. The fourth-order valence-electron chi connectivity index (χ4n) is 1.04. The minimum atomic E-state index is -0.480. The summed E-state index contributed by atoms with van der Waals surface area (Å²) in [5.41, 5.74) is 0.893. The number of hydrogen-bond acceptors (Lipinski definition) is 2. The maximum Gasteiger partial charge on any atom is 0.245 e. The number of rotatable bonds is 4. The molecule has 1 rings (SSSR count). The number of hydrogen-bond donors (Lipinski definition) is 0. The molecule has 3 heteroatoms. The van der Waals surface area contributed by atoms with E-state index >= 15 is 0 Å². The molecule has 1 aromatic carbocycles. The van der Waals surface area contributed by atoms with Crippen LogP contribution in [0.15, 0.2) is 30.3 Å². The summed E-state index contributed by atoms with van der Waals surface area (Å²) in [6.07, 6.45) is 2.96. The Morgan fingerprint density at radius 3 is 3.00 bits per heavy atom. The molecule has 0 saturated heterocycles. The van der Waals surface area contributed by atoms with Crippen molar-refractivity contribution >= 4 is 22.9 Å². The SMILES string of the molecule is CCOc1cccc(/C=C/C(=O)Cl)c1. The summed E-state index contributed by atoms with van der Waals surface area (Å²) in [6.45, 7) is 2.55. The quantitative estimate of drug-likeness (QED) is 0.564. The zero-order valence-electron chi connectivity index (χ0n) is 7.87. The molecule has 0 aliphatic carbocycles. The molecule has 0 saturated carbocycles. The monoisotopic (exact) mass is 210 g/mol. The normalized spacial score (nSPS) is 10.4. The van der Waals surface area contributed by atoms with Crippen molar-refractivity contribution in [2.24, 2.45) is 0 Å². The number of allylic oxidation sites excluding steroid dienone is 1. The summed E-state index contributed by atoms with van der Waals surface area (Å²) >= 11 is 5.17. The van der Waals surface area contributed by atoms with Gasteiger partial charge >= 0.3 is 0 Å². The van der Waals surface area contributed by atoms with E-state index in [4.69, 9.17) is 16.3 Å². The Morgan fingerprint density at radius 1 is 1.57 bits per heavy atom. The van der Waals surface area contributed by atoms with Crippen molar-refractivity contribution in [1.82, 2.24) is 0 Å². The van der Waals surface area contributed by atoms with Crippen molar-refractivity contribution in [1.29, 1.82) is 0 Å². The summed E-state index contributed by atoms with van der Waals surface area (Å²) in [5.74, 6) is 0.789. The van der Waals surface area contributed by atoms with Crippen molar-refractivity contribution in [3.63, 3.8) is 0 Å². The van der Waals surface area contributed by atoms with Crippen LogP contribution in [0.4, 0.5) is 0 Å². The van der Waals surface area contributed by atoms with Gasteiger partial charge in [0.05, 0.1) is 6.61 Å². The van der Waals surface area contributed by atoms with E-state index < -0.39 is 5.24 Å². The van der Waals surface area contributed by atoms with Crippen LogP contribution in [0.5, 0.6) is 5.75 Å². The minimum Gasteiger partial charge on any atom is -0.494 e. The van der Waals surface area contributed by atoms with Crippen LogP contribution in [0.2, 0.25) is 0 Å². The maximum atomic E-state index is 10.5. The molecule has 0 spiro atoms. The molecule has 0 radical (unpaired) electrons. The first-order valence-electron chi connectivity index (χ1n) is 4.33. The molecule has 0 bridgehead atoms. The highest BCUT2D eigenvalue weighted by Crippen LogP contribution is 2.14. The molecule has 0 aromatic heterocycles. The van der Waals surface area contributed by atoms with Crippen molar-refractivity contribution in [3.05, 3.63) is 35.9 Å². The number of carbonyl (C=O) groups excluding carboxylic acids is 1. The second-order valence-electron chi connectivity index (χ2n) is 2.64. The first-order valence-corrected chi connectivity index (χ1v) is 4.70. The zero-order chi connectivity index (χ0) is 10.4. The second kappa shape index (κ2) is 5.45. The Hall–Kier alpha value is -1.28. The van der Waals surface area contributed by atoms with Gasteiger partial charge in [-0.05, 0) is 42.3 Å². The molecule has 0 aliphatic heterocycles. The summed E-state index contributed by atoms with van der Waals surface area (Å²) in [6, 6.07) is 7.45. The lowest BCUT2D eigenvalue weighted by atomic mass is 10.2. The van der Waals surface area contributed by atoms with Crippen LogP contribution in [0.25, 0.3) is 6.08 Å². The van der Waals surface area contributed by atoms with Crippen LogP contribution in [-0.2, 0) is 4.79 Å². The van der Waals surface area contributed by atoms with Crippen LogP contribution in [0.3, 0.4) is 0 Å². The standard InChI is InChI=1S/C11H11ClO2/c1-2-14-10-5-3-4-9(8-10)6-7-11(12)13/h3-8H,2H2,1H3/b7-6+. The lowest BCUT2D eigenvalue weighted by Gasteiger charge is -2.02. The van der Waals surface area contributed by atoms with Crippen LogP contribution < -0.4 is 4.74 Å². The number of ether oxygens (including phenoxy) is 1. The van der Waals surface area contributed by atoms with Gasteiger partial charge in [0, 0.05) is 0 Å². The molecule has 2 nitrogen and oxygen atoms in total. The first kappa shape index (κ1) is 10.8. The lowest BCUT2D eigenvalue weighted by Crippen LogP contribution is -1.90. The second-order valence-corrected chi connectivity index (χ2v) is 3.02. The van der Waals surface area contributed by atoms with E-state index in [1.165, 1.54) is 6.08 Å². The Bertz CT molecular complexity index is 345. The van der Waals surface area contributed by atoms with E-state index in [-0.39, 0.29) is 0 Å². The Kier molecular flexibility index (Phi) is 4.20. The molecule has 0 fully saturated rings. The predicted octanol–water partition coefficient (Wildman–Crippen LogP) is 2.86. The molecule has 0 atom stereocenters. The molecule has 0 amide bonds. The van der Waals surface area contributed by atoms with Gasteiger partial charge in [-0.25, -0.2) is 0 Å². The van der Waals surface area contributed by atoms with Gasteiger partial charge in [0.25, 0.3) is 0 Å². The van der Waals surface area contributed by atoms with Crippen molar-refractivity contribution in [3.8, 4) is 5.75 Å². The predicted molar refractivity (Wildman–Crippen MR) is 57.5 cm³/mol. The lowest BCUT2D eigenvalue weighted by molar-refractivity contribution is -0.107. The van der Waals surface area contributed by atoms with Gasteiger partial charge in [-0.3, -0.25) is 4.79 Å². The summed E-state index contributed by atoms with van der Waals surface area (Å²) < 4.78 is 5.30. The molecular weight excluding hydrogens is 200 g/mol. The van der Waals surface area contributed by atoms with Crippen molar-refractivity contribution in [2.45, 2.75) is 6.92 Å². The molecule has 0 aliphatic rings. The molecule has 74 valence electrons. The highest BCUT2D eigenvalue weighted by Gasteiger charge is 1.93. The molecule has 0 N–H and O–H groups in total. The fraction of sp³-hybridized carbons (Fsp3) is 0.182. The van der Waals surface area contributed by atoms with E-state index in [0.29, 0.717) is 6.61 Å². The molecule has 14 heavy (non-hydrogen) atoms. The number of benzene rings is 1. The third kappa shape index (κ3) is 3.62. The van der Waals surface area contributed by atoms with Crippen molar-refractivity contribution < 1.29 is 9.53 Å². The topological polar surface area (TPSA) is 26.3 Å². The largest absolute Gasteiger partial charge is 0.494 e. The van der Waals surface area contributed by atoms with Crippen LogP contribution in [-0.4, -0.2) is 11.8 Å². The Labute approximate surface area is 88.1 Å². The summed E-state index contributed by atoms with van der Waals surface area (Å²) in [5, 5.41) is -0.480. The van der Waals surface area contributed by atoms with Crippen LogP contribution in [0.1, 0.15) is 12.5 Å². The first-order chi connectivity index (χ1) is 6.72. The molecular formula is C11H11ClO2. The highest BCUT2D eigenvalue weighted by molar-refractivity contribution is 6.66. The summed E-state index contributed by atoms with van der Waals surface area (Å²) in [4.78, 5) is 10.5. The Balaban J connectivity index is 2.77. The fourth-order valence-corrected chi connectivity index (χ4v) is 1.10. The highest BCUT2D eigenvalue weighted by atomic mass is 35.5. The minimum absolute atomic E-state index is 0.480. The van der Waals surface area contributed by atoms with Gasteiger partial charge < -0.3 is 4.74 Å². The van der Waals surface area contributed by atoms with Crippen molar-refractivity contribution in [2.75, 3.05) is 6.61 Å². The van der Waals surface area contributed by atoms with Gasteiger partial charge in [-0.2, -0.15) is 0 Å². The van der Waals surface area contributed by atoms with Gasteiger partial charge in [0.1, 0.15) is 5.75 Å². The number of halogens is 1. The average Bonchev–Trinajstić information content (AvgIpc) is 2.16. The third-order valence-corrected chi connectivity index (χ3v) is 1.70. The van der Waals surface area contributed by atoms with E-state index in [1.807, 2.05) is 31.2 Å². The van der Waals surface area contributed by atoms with Crippen LogP contribution in [0, 0.1) is 0 Å². The van der Waals surface area contributed by atoms with Crippen LogP contribution >= 0.6 is 11.6 Å². The summed E-state index contributed by atoms with van der Waals surface area (Å²) in [7, 11) is 0. The average molecular weight is 211 g/mol.